The topological polar surface area (TPSA) is 142 Å². The summed E-state index contributed by atoms with van der Waals surface area (Å²) in [7, 11) is 0. The standard InChI is InChI=1S/C17H16N6O4/c1-7-5-10(24)18-14-12(7)16(26)13-8(2)6-11(25)23(15(13)17(14)27)4-3-9-19-21-22-20-9/h5-6,13,15H,3-4H2,1-2H3,(H,18,24)(H,19,20,21,22). The largest absolute Gasteiger partial charge is 0.327 e. The quantitative estimate of drug-likeness (QED) is 0.750. The van der Waals surface area contributed by atoms with Gasteiger partial charge < -0.3 is 9.88 Å². The SMILES string of the molecule is CC1=CC(=O)N(CCc2nn[nH]n2)C2C(=O)c3[nH]c(=O)cc(C)c3C(=O)C12. The van der Waals surface area contributed by atoms with Crippen LogP contribution in [0.2, 0.25) is 0 Å². The molecule has 0 bridgehead atoms. The second-order valence-corrected chi connectivity index (χ2v) is 6.72. The van der Waals surface area contributed by atoms with Gasteiger partial charge in [-0.25, -0.2) is 0 Å². The monoisotopic (exact) mass is 368 g/mol. The predicted octanol–water partition coefficient (Wildman–Crippen LogP) is -0.409. The van der Waals surface area contributed by atoms with E-state index in [2.05, 4.69) is 25.6 Å². The van der Waals surface area contributed by atoms with Gasteiger partial charge in [0.25, 0.3) is 0 Å². The second-order valence-electron chi connectivity index (χ2n) is 6.72. The highest BCUT2D eigenvalue weighted by atomic mass is 16.2. The van der Waals surface area contributed by atoms with E-state index in [1.165, 1.54) is 17.0 Å². The molecule has 0 radical (unpaired) electrons. The number of nitrogens with zero attached hydrogens (tertiary/aromatic N) is 4. The molecule has 2 aromatic heterocycles. The summed E-state index contributed by atoms with van der Waals surface area (Å²) < 4.78 is 0. The van der Waals surface area contributed by atoms with E-state index in [1.807, 2.05) is 0 Å². The Bertz CT molecular complexity index is 1050. The van der Waals surface area contributed by atoms with Crippen LogP contribution in [0.4, 0.5) is 0 Å². The van der Waals surface area contributed by atoms with Crippen LogP contribution in [-0.4, -0.2) is 60.6 Å². The van der Waals surface area contributed by atoms with Gasteiger partial charge in [-0.1, -0.05) is 10.8 Å². The third-order valence-electron chi connectivity index (χ3n) is 5.03. The first kappa shape index (κ1) is 17.0. The van der Waals surface area contributed by atoms with Gasteiger partial charge in [-0.05, 0) is 19.4 Å². The summed E-state index contributed by atoms with van der Waals surface area (Å²) >= 11 is 0. The maximum Gasteiger partial charge on any atom is 0.248 e. The molecule has 2 N–H and O–H groups in total. The average molecular weight is 368 g/mol. The number of pyridine rings is 1. The van der Waals surface area contributed by atoms with Gasteiger partial charge in [0.15, 0.2) is 11.6 Å². The number of hydrogen-bond acceptors (Lipinski definition) is 7. The molecule has 4 rings (SSSR count). The van der Waals surface area contributed by atoms with E-state index < -0.39 is 23.3 Å². The Hall–Kier alpha value is -3.43. The molecule has 27 heavy (non-hydrogen) atoms. The zero-order valence-corrected chi connectivity index (χ0v) is 14.6. The molecule has 2 unspecified atom stereocenters. The Labute approximate surface area is 152 Å². The number of aryl methyl sites for hydroxylation is 1. The summed E-state index contributed by atoms with van der Waals surface area (Å²) in [6, 6.07) is 0.303. The van der Waals surface area contributed by atoms with Crippen molar-refractivity contribution in [2.45, 2.75) is 26.3 Å². The number of fused-ring (bicyclic) bond motifs is 2. The normalized spacial score (nSPS) is 21.8. The Morgan fingerprint density at radius 2 is 1.93 bits per heavy atom. The molecule has 138 valence electrons. The molecule has 2 atom stereocenters. The minimum Gasteiger partial charge on any atom is -0.327 e. The van der Waals surface area contributed by atoms with Gasteiger partial charge in [-0.15, -0.1) is 10.2 Å². The van der Waals surface area contributed by atoms with Crippen LogP contribution in [0, 0.1) is 12.8 Å². The molecule has 10 nitrogen and oxygen atoms in total. The number of rotatable bonds is 3. The Morgan fingerprint density at radius 3 is 2.63 bits per heavy atom. The van der Waals surface area contributed by atoms with Crippen LogP contribution in [0.15, 0.2) is 22.5 Å². The van der Waals surface area contributed by atoms with Crippen molar-refractivity contribution in [3.8, 4) is 0 Å². The number of amides is 1. The first-order valence-corrected chi connectivity index (χ1v) is 8.42. The zero-order chi connectivity index (χ0) is 19.3. The van der Waals surface area contributed by atoms with Crippen LogP contribution in [0.5, 0.6) is 0 Å². The van der Waals surface area contributed by atoms with Crippen molar-refractivity contribution in [2.24, 2.45) is 5.92 Å². The smallest absolute Gasteiger partial charge is 0.248 e. The molecular formula is C17H16N6O4. The van der Waals surface area contributed by atoms with E-state index in [0.717, 1.165) is 0 Å². The summed E-state index contributed by atoms with van der Waals surface area (Å²) in [5.41, 5.74) is 0.724. The molecule has 1 amide bonds. The molecule has 0 aromatic carbocycles. The van der Waals surface area contributed by atoms with E-state index in [0.29, 0.717) is 17.0 Å². The fourth-order valence-electron chi connectivity index (χ4n) is 3.83. The van der Waals surface area contributed by atoms with Gasteiger partial charge in [0.2, 0.25) is 17.2 Å². The van der Waals surface area contributed by atoms with Crippen LogP contribution in [0.1, 0.15) is 39.2 Å². The average Bonchev–Trinajstić information content (AvgIpc) is 3.11. The summed E-state index contributed by atoms with van der Waals surface area (Å²) in [5.74, 6) is -1.45. The van der Waals surface area contributed by atoms with E-state index in [4.69, 9.17) is 0 Å². The number of tetrazole rings is 1. The highest BCUT2D eigenvalue weighted by Gasteiger charge is 2.49. The molecule has 0 fully saturated rings. The fraction of sp³-hybridized carbons (Fsp3) is 0.353. The van der Waals surface area contributed by atoms with Crippen molar-refractivity contribution >= 4 is 17.5 Å². The van der Waals surface area contributed by atoms with Gasteiger partial charge in [0, 0.05) is 30.7 Å². The predicted molar refractivity (Wildman–Crippen MR) is 91.1 cm³/mol. The van der Waals surface area contributed by atoms with Crippen molar-refractivity contribution in [1.29, 1.82) is 0 Å². The Kier molecular flexibility index (Phi) is 3.83. The minimum atomic E-state index is -0.994. The van der Waals surface area contributed by atoms with Crippen LogP contribution in [-0.2, 0) is 11.2 Å². The Balaban J connectivity index is 1.79. The molecule has 1 aliphatic carbocycles. The lowest BCUT2D eigenvalue weighted by Gasteiger charge is -2.41. The minimum absolute atomic E-state index is 0.0293. The van der Waals surface area contributed by atoms with Crippen LogP contribution < -0.4 is 5.56 Å². The lowest BCUT2D eigenvalue weighted by molar-refractivity contribution is -0.129. The summed E-state index contributed by atoms with van der Waals surface area (Å²) in [6.07, 6.45) is 1.66. The second kappa shape index (κ2) is 6.08. The van der Waals surface area contributed by atoms with Gasteiger partial charge in [0.1, 0.15) is 6.04 Å². The molecule has 0 spiro atoms. The third-order valence-corrected chi connectivity index (χ3v) is 5.03. The number of ketones is 2. The molecule has 2 aliphatic rings. The van der Waals surface area contributed by atoms with Crippen LogP contribution in [0.25, 0.3) is 0 Å². The number of carbonyl (C=O) groups is 3. The number of carbonyl (C=O) groups excluding carboxylic acids is 3. The molecule has 0 saturated carbocycles. The molecular weight excluding hydrogens is 352 g/mol. The number of aromatic amines is 2. The lowest BCUT2D eigenvalue weighted by atomic mass is 9.73. The van der Waals surface area contributed by atoms with Crippen molar-refractivity contribution in [2.75, 3.05) is 6.54 Å². The molecule has 2 aromatic rings. The van der Waals surface area contributed by atoms with E-state index in [1.54, 1.807) is 13.8 Å². The van der Waals surface area contributed by atoms with Crippen molar-refractivity contribution < 1.29 is 14.4 Å². The first-order valence-electron chi connectivity index (χ1n) is 8.42. The first-order chi connectivity index (χ1) is 12.9. The lowest BCUT2D eigenvalue weighted by Crippen LogP contribution is -2.57. The Morgan fingerprint density at radius 1 is 1.15 bits per heavy atom. The van der Waals surface area contributed by atoms with Gasteiger partial charge >= 0.3 is 0 Å². The molecule has 1 aliphatic heterocycles. The third kappa shape index (κ3) is 2.60. The van der Waals surface area contributed by atoms with Crippen molar-refractivity contribution in [3.63, 3.8) is 0 Å². The summed E-state index contributed by atoms with van der Waals surface area (Å²) in [6.45, 7) is 3.44. The number of aromatic nitrogens is 5. The number of hydrogen-bond donors (Lipinski definition) is 2. The summed E-state index contributed by atoms with van der Waals surface area (Å²) in [4.78, 5) is 54.5. The highest BCUT2D eigenvalue weighted by Crippen LogP contribution is 2.36. The van der Waals surface area contributed by atoms with E-state index in [-0.39, 0.29) is 35.9 Å². The number of Topliss-reactive ketones (excluding diaryl/α,β-unsaturated/α-hetero) is 2. The van der Waals surface area contributed by atoms with Gasteiger partial charge in [-0.2, -0.15) is 5.21 Å². The maximum atomic E-state index is 13.2. The number of H-pyrrole nitrogens is 2. The zero-order valence-electron chi connectivity index (χ0n) is 14.6. The molecule has 3 heterocycles. The van der Waals surface area contributed by atoms with Crippen molar-refractivity contribution in [3.05, 3.63) is 50.7 Å². The van der Waals surface area contributed by atoms with Gasteiger partial charge in [-0.3, -0.25) is 19.2 Å². The van der Waals surface area contributed by atoms with E-state index in [9.17, 15) is 19.2 Å². The van der Waals surface area contributed by atoms with Crippen molar-refractivity contribution in [1.82, 2.24) is 30.5 Å². The van der Waals surface area contributed by atoms with E-state index >= 15 is 0 Å². The number of nitrogens with one attached hydrogen (secondary N) is 2. The van der Waals surface area contributed by atoms with Gasteiger partial charge in [0.05, 0.1) is 11.6 Å². The highest BCUT2D eigenvalue weighted by molar-refractivity contribution is 6.20. The van der Waals surface area contributed by atoms with Crippen LogP contribution in [0.3, 0.4) is 0 Å². The molecule has 10 heteroatoms. The fourth-order valence-corrected chi connectivity index (χ4v) is 3.83. The maximum absolute atomic E-state index is 13.2. The summed E-state index contributed by atoms with van der Waals surface area (Å²) in [5, 5.41) is 13.5. The van der Waals surface area contributed by atoms with Crippen LogP contribution >= 0.6 is 0 Å². The molecule has 0 saturated heterocycles.